The van der Waals surface area contributed by atoms with E-state index in [4.69, 9.17) is 32.7 Å². The van der Waals surface area contributed by atoms with Gasteiger partial charge in [0, 0.05) is 5.56 Å². The molecule has 128 valence electrons. The molecule has 0 atom stereocenters. The van der Waals surface area contributed by atoms with Crippen LogP contribution in [0.3, 0.4) is 0 Å². The molecular weight excluding hydrogens is 349 g/mol. The average molecular weight is 368 g/mol. The highest BCUT2D eigenvalue weighted by Gasteiger charge is 2.17. The Balaban J connectivity index is 2.26. The number of hydrogen-bond acceptors (Lipinski definition) is 3. The first-order chi connectivity index (χ1) is 11.4. The summed E-state index contributed by atoms with van der Waals surface area (Å²) in [6, 6.07) is 10.1. The number of halogens is 2. The zero-order valence-electron chi connectivity index (χ0n) is 13.7. The minimum atomic E-state index is -0.335. The monoisotopic (exact) mass is 367 g/mol. The van der Waals surface area contributed by atoms with Crippen molar-refractivity contribution in [1.29, 1.82) is 0 Å². The first kappa shape index (κ1) is 18.4. The molecule has 0 radical (unpaired) electrons. The molecule has 0 saturated carbocycles. The van der Waals surface area contributed by atoms with E-state index in [1.54, 1.807) is 36.4 Å². The number of carbonyl (C=O) groups is 1. The minimum Gasteiger partial charge on any atom is -0.493 e. The van der Waals surface area contributed by atoms with Crippen LogP contribution in [-0.2, 0) is 0 Å². The van der Waals surface area contributed by atoms with Crippen LogP contribution in [0.2, 0.25) is 10.0 Å². The second-order valence-corrected chi connectivity index (χ2v) is 6.44. The normalized spacial score (nSPS) is 10.6. The summed E-state index contributed by atoms with van der Waals surface area (Å²) in [4.78, 5) is 12.4. The molecule has 0 aliphatic heterocycles. The molecule has 6 heteroatoms. The van der Waals surface area contributed by atoms with Crippen LogP contribution < -0.4 is 14.8 Å². The Morgan fingerprint density at radius 3 is 2.50 bits per heavy atom. The highest BCUT2D eigenvalue weighted by molar-refractivity contribution is 6.34. The fourth-order valence-electron chi connectivity index (χ4n) is 2.00. The zero-order chi connectivity index (χ0) is 17.7. The van der Waals surface area contributed by atoms with E-state index in [0.29, 0.717) is 45.3 Å². The zero-order valence-corrected chi connectivity index (χ0v) is 15.2. The van der Waals surface area contributed by atoms with Crippen LogP contribution in [0, 0.1) is 5.92 Å². The van der Waals surface area contributed by atoms with Gasteiger partial charge in [0.25, 0.3) is 5.91 Å². The fourth-order valence-corrected chi connectivity index (χ4v) is 2.45. The molecule has 0 unspecified atom stereocenters. The predicted octanol–water partition coefficient (Wildman–Crippen LogP) is 5.29. The Morgan fingerprint density at radius 2 is 1.88 bits per heavy atom. The third kappa shape index (κ3) is 4.56. The largest absolute Gasteiger partial charge is 0.493 e. The Kier molecular flexibility index (Phi) is 6.35. The molecule has 1 amide bonds. The maximum atomic E-state index is 12.4. The Bertz CT molecular complexity index is 732. The molecule has 24 heavy (non-hydrogen) atoms. The number of para-hydroxylation sites is 1. The van der Waals surface area contributed by atoms with Crippen molar-refractivity contribution in [2.24, 2.45) is 5.92 Å². The molecule has 0 aromatic heterocycles. The minimum absolute atomic E-state index is 0.319. The quantitative estimate of drug-likeness (QED) is 0.754. The van der Waals surface area contributed by atoms with E-state index in [0.717, 1.165) is 0 Å². The summed E-state index contributed by atoms with van der Waals surface area (Å²) < 4.78 is 11.0. The highest BCUT2D eigenvalue weighted by atomic mass is 35.5. The SMILES string of the molecule is COc1cc(C(=O)Nc2ccccc2Cl)cc(Cl)c1OCC(C)C. The van der Waals surface area contributed by atoms with E-state index in [2.05, 4.69) is 5.32 Å². The van der Waals surface area contributed by atoms with Gasteiger partial charge in [-0.05, 0) is 30.2 Å². The van der Waals surface area contributed by atoms with Gasteiger partial charge in [0.15, 0.2) is 11.5 Å². The molecule has 0 aliphatic rings. The molecule has 0 fully saturated rings. The smallest absolute Gasteiger partial charge is 0.255 e. The number of benzene rings is 2. The fraction of sp³-hybridized carbons (Fsp3) is 0.278. The van der Waals surface area contributed by atoms with Gasteiger partial charge in [0.2, 0.25) is 0 Å². The molecule has 0 heterocycles. The number of methoxy groups -OCH3 is 1. The summed E-state index contributed by atoms with van der Waals surface area (Å²) in [5, 5.41) is 3.53. The van der Waals surface area contributed by atoms with Crippen molar-refractivity contribution in [1.82, 2.24) is 0 Å². The molecule has 0 bridgehead atoms. The van der Waals surface area contributed by atoms with Crippen molar-refractivity contribution in [3.63, 3.8) is 0 Å². The lowest BCUT2D eigenvalue weighted by molar-refractivity contribution is 0.102. The van der Waals surface area contributed by atoms with Crippen molar-refractivity contribution >= 4 is 34.8 Å². The predicted molar refractivity (Wildman–Crippen MR) is 97.7 cm³/mol. The lowest BCUT2D eigenvalue weighted by Crippen LogP contribution is -2.13. The Labute approximate surface area is 151 Å². The maximum absolute atomic E-state index is 12.4. The van der Waals surface area contributed by atoms with Gasteiger partial charge in [-0.2, -0.15) is 0 Å². The van der Waals surface area contributed by atoms with Crippen LogP contribution in [0.5, 0.6) is 11.5 Å². The third-order valence-corrected chi connectivity index (χ3v) is 3.79. The number of nitrogens with one attached hydrogen (secondary N) is 1. The van der Waals surface area contributed by atoms with Gasteiger partial charge in [0.1, 0.15) is 0 Å². The molecule has 0 spiro atoms. The second kappa shape index (κ2) is 8.27. The molecule has 2 aromatic carbocycles. The molecule has 2 rings (SSSR count). The second-order valence-electron chi connectivity index (χ2n) is 5.63. The molecule has 2 aromatic rings. The van der Waals surface area contributed by atoms with Gasteiger partial charge >= 0.3 is 0 Å². The maximum Gasteiger partial charge on any atom is 0.255 e. The number of hydrogen-bond donors (Lipinski definition) is 1. The Hall–Kier alpha value is -1.91. The number of anilines is 1. The third-order valence-electron chi connectivity index (χ3n) is 3.17. The summed E-state index contributed by atoms with van der Waals surface area (Å²) >= 11 is 12.3. The van der Waals surface area contributed by atoms with E-state index in [1.165, 1.54) is 7.11 Å². The lowest BCUT2D eigenvalue weighted by Gasteiger charge is -2.15. The first-order valence-corrected chi connectivity index (χ1v) is 8.24. The van der Waals surface area contributed by atoms with Crippen LogP contribution in [0.1, 0.15) is 24.2 Å². The van der Waals surface area contributed by atoms with Crippen molar-refractivity contribution in [3.05, 3.63) is 52.0 Å². The van der Waals surface area contributed by atoms with E-state index in [9.17, 15) is 4.79 Å². The van der Waals surface area contributed by atoms with Gasteiger partial charge in [-0.15, -0.1) is 0 Å². The average Bonchev–Trinajstić information content (AvgIpc) is 2.54. The molecule has 0 saturated heterocycles. The van der Waals surface area contributed by atoms with Crippen LogP contribution in [0.25, 0.3) is 0 Å². The van der Waals surface area contributed by atoms with Gasteiger partial charge < -0.3 is 14.8 Å². The molecule has 4 nitrogen and oxygen atoms in total. The van der Waals surface area contributed by atoms with Crippen molar-refractivity contribution in [2.75, 3.05) is 19.0 Å². The molecule has 1 N–H and O–H groups in total. The summed E-state index contributed by atoms with van der Waals surface area (Å²) in [7, 11) is 1.50. The van der Waals surface area contributed by atoms with Crippen LogP contribution in [0.15, 0.2) is 36.4 Å². The summed E-state index contributed by atoms with van der Waals surface area (Å²) in [5.74, 6) is 0.849. The number of ether oxygens (including phenoxy) is 2. The number of carbonyl (C=O) groups excluding carboxylic acids is 1. The Morgan fingerprint density at radius 1 is 1.17 bits per heavy atom. The van der Waals surface area contributed by atoms with Crippen molar-refractivity contribution in [3.8, 4) is 11.5 Å². The topological polar surface area (TPSA) is 47.6 Å². The highest BCUT2D eigenvalue weighted by Crippen LogP contribution is 2.37. The summed E-state index contributed by atoms with van der Waals surface area (Å²) in [5.41, 5.74) is 0.882. The first-order valence-electron chi connectivity index (χ1n) is 7.48. The summed E-state index contributed by atoms with van der Waals surface area (Å²) in [6.07, 6.45) is 0. The number of rotatable bonds is 6. The molecular formula is C18H19Cl2NO3. The van der Waals surface area contributed by atoms with Crippen molar-refractivity contribution < 1.29 is 14.3 Å². The van der Waals surface area contributed by atoms with Gasteiger partial charge in [0.05, 0.1) is 29.4 Å². The van der Waals surface area contributed by atoms with E-state index < -0.39 is 0 Å². The number of amides is 1. The lowest BCUT2D eigenvalue weighted by atomic mass is 10.1. The molecule has 0 aliphatic carbocycles. The van der Waals surface area contributed by atoms with Gasteiger partial charge in [-0.25, -0.2) is 0 Å². The van der Waals surface area contributed by atoms with E-state index in [-0.39, 0.29) is 5.91 Å². The van der Waals surface area contributed by atoms with Gasteiger partial charge in [-0.1, -0.05) is 49.2 Å². The van der Waals surface area contributed by atoms with Gasteiger partial charge in [-0.3, -0.25) is 4.79 Å². The van der Waals surface area contributed by atoms with Crippen molar-refractivity contribution in [2.45, 2.75) is 13.8 Å². The van der Waals surface area contributed by atoms with Crippen LogP contribution >= 0.6 is 23.2 Å². The standard InChI is InChI=1S/C18H19Cl2NO3/c1-11(2)10-24-17-14(20)8-12(9-16(17)23-3)18(22)21-15-7-5-4-6-13(15)19/h4-9,11H,10H2,1-3H3,(H,21,22). The van der Waals surface area contributed by atoms with E-state index in [1.807, 2.05) is 13.8 Å². The van der Waals surface area contributed by atoms with Crippen LogP contribution in [-0.4, -0.2) is 19.6 Å². The van der Waals surface area contributed by atoms with Crippen LogP contribution in [0.4, 0.5) is 5.69 Å². The summed E-state index contributed by atoms with van der Waals surface area (Å²) in [6.45, 7) is 4.57. The van der Waals surface area contributed by atoms with E-state index >= 15 is 0 Å².